The van der Waals surface area contributed by atoms with Gasteiger partial charge in [-0.3, -0.25) is 9.59 Å². The van der Waals surface area contributed by atoms with E-state index >= 15 is 0 Å². The van der Waals surface area contributed by atoms with E-state index in [4.69, 9.17) is 21.1 Å². The standard InChI is InChI=1S/C40H47ClN4O4/c1-29-13-15-30(16-14-29)33-11-7-8-12-34(33)39(46)42-35-19-17-31(27-37(35)48-4)40(47)44(3)36-20-18-32(41)28-38(36)49-26-10-6-5-9-21-45-24-22-43(2)23-25-45/h7-8,11-20,27-28H,5-6,9-10,21-26H2,1-4H3,(H,42,46). The zero-order chi connectivity index (χ0) is 34.8. The lowest BCUT2D eigenvalue weighted by Crippen LogP contribution is -2.44. The second-order valence-electron chi connectivity index (χ2n) is 12.7. The Morgan fingerprint density at radius 2 is 1.59 bits per heavy atom. The molecule has 0 bridgehead atoms. The molecule has 1 aliphatic rings. The lowest BCUT2D eigenvalue weighted by Gasteiger charge is -2.32. The Bertz CT molecular complexity index is 1720. The Balaban J connectivity index is 1.20. The first kappa shape index (κ1) is 35.9. The summed E-state index contributed by atoms with van der Waals surface area (Å²) >= 11 is 6.33. The van der Waals surface area contributed by atoms with E-state index in [2.05, 4.69) is 22.2 Å². The second-order valence-corrected chi connectivity index (χ2v) is 13.1. The van der Waals surface area contributed by atoms with Crippen LogP contribution in [0.4, 0.5) is 11.4 Å². The van der Waals surface area contributed by atoms with E-state index in [0.717, 1.165) is 68.7 Å². The van der Waals surface area contributed by atoms with Crippen LogP contribution in [-0.4, -0.2) is 82.1 Å². The number of carbonyl (C=O) groups excluding carboxylic acids is 2. The number of rotatable bonds is 14. The first-order chi connectivity index (χ1) is 23.7. The van der Waals surface area contributed by atoms with Crippen LogP contribution in [0.2, 0.25) is 5.02 Å². The summed E-state index contributed by atoms with van der Waals surface area (Å²) in [4.78, 5) is 33.7. The summed E-state index contributed by atoms with van der Waals surface area (Å²) in [6.45, 7) is 8.33. The molecular weight excluding hydrogens is 636 g/mol. The molecule has 0 saturated carbocycles. The Morgan fingerprint density at radius 3 is 2.35 bits per heavy atom. The van der Waals surface area contributed by atoms with Crippen molar-refractivity contribution in [3.63, 3.8) is 0 Å². The largest absolute Gasteiger partial charge is 0.495 e. The molecule has 49 heavy (non-hydrogen) atoms. The number of amides is 2. The van der Waals surface area contributed by atoms with E-state index in [1.165, 1.54) is 13.5 Å². The molecule has 0 radical (unpaired) electrons. The Morgan fingerprint density at radius 1 is 0.857 bits per heavy atom. The van der Waals surface area contributed by atoms with Gasteiger partial charge < -0.3 is 29.5 Å². The number of unbranched alkanes of at least 4 members (excludes halogenated alkanes) is 3. The van der Waals surface area contributed by atoms with Crippen molar-refractivity contribution in [3.8, 4) is 22.6 Å². The van der Waals surface area contributed by atoms with Gasteiger partial charge in [-0.2, -0.15) is 0 Å². The fraction of sp³-hybridized carbons (Fsp3) is 0.350. The number of aryl methyl sites for hydroxylation is 1. The van der Waals surface area contributed by atoms with Crippen LogP contribution < -0.4 is 19.7 Å². The molecule has 1 saturated heterocycles. The lowest BCUT2D eigenvalue weighted by atomic mass is 9.98. The van der Waals surface area contributed by atoms with Crippen LogP contribution in [0.1, 0.15) is 52.0 Å². The molecule has 0 atom stereocenters. The second kappa shape index (κ2) is 17.3. The number of anilines is 2. The third-order valence-corrected chi connectivity index (χ3v) is 9.28. The fourth-order valence-electron chi connectivity index (χ4n) is 6.01. The molecule has 0 aliphatic carbocycles. The molecular formula is C40H47ClN4O4. The quantitative estimate of drug-likeness (QED) is 0.136. The molecule has 4 aromatic carbocycles. The zero-order valence-corrected chi connectivity index (χ0v) is 29.8. The molecule has 1 heterocycles. The van der Waals surface area contributed by atoms with Crippen molar-refractivity contribution in [1.29, 1.82) is 0 Å². The SMILES string of the molecule is COc1cc(C(=O)N(C)c2ccc(Cl)cc2OCCCCCCN2CCN(C)CC2)ccc1NC(=O)c1ccccc1-c1ccc(C)cc1. The minimum atomic E-state index is -0.274. The van der Waals surface area contributed by atoms with Crippen LogP contribution in [0, 0.1) is 6.92 Å². The average molecular weight is 683 g/mol. The number of methoxy groups -OCH3 is 1. The van der Waals surface area contributed by atoms with Crippen LogP contribution in [-0.2, 0) is 0 Å². The number of halogens is 1. The molecule has 0 spiro atoms. The summed E-state index contributed by atoms with van der Waals surface area (Å²) in [6, 6.07) is 25.9. The molecule has 9 heteroatoms. The molecule has 0 aromatic heterocycles. The van der Waals surface area contributed by atoms with E-state index in [0.29, 0.717) is 45.6 Å². The van der Waals surface area contributed by atoms with Gasteiger partial charge in [0.25, 0.3) is 11.8 Å². The number of nitrogens with one attached hydrogen (secondary N) is 1. The summed E-state index contributed by atoms with van der Waals surface area (Å²) in [5, 5.41) is 3.51. The Labute approximate surface area is 295 Å². The van der Waals surface area contributed by atoms with Crippen molar-refractivity contribution < 1.29 is 19.1 Å². The third kappa shape index (κ3) is 9.63. The van der Waals surface area contributed by atoms with Crippen molar-refractivity contribution in [1.82, 2.24) is 9.80 Å². The minimum Gasteiger partial charge on any atom is -0.495 e. The molecule has 1 fully saturated rings. The summed E-state index contributed by atoms with van der Waals surface area (Å²) in [7, 11) is 5.41. The highest BCUT2D eigenvalue weighted by molar-refractivity contribution is 6.30. The van der Waals surface area contributed by atoms with Gasteiger partial charge in [0, 0.05) is 55.4 Å². The summed E-state index contributed by atoms with van der Waals surface area (Å²) in [5.41, 5.74) is 4.95. The molecule has 8 nitrogen and oxygen atoms in total. The number of benzene rings is 4. The predicted molar refractivity (Wildman–Crippen MR) is 200 cm³/mol. The maximum absolute atomic E-state index is 13.7. The number of likely N-dealkylation sites (N-methyl/N-ethyl adjacent to an activating group) is 1. The first-order valence-corrected chi connectivity index (χ1v) is 17.4. The zero-order valence-electron chi connectivity index (χ0n) is 29.0. The van der Waals surface area contributed by atoms with E-state index < -0.39 is 0 Å². The fourth-order valence-corrected chi connectivity index (χ4v) is 6.17. The molecule has 1 N–H and O–H groups in total. The van der Waals surface area contributed by atoms with Crippen LogP contribution in [0.3, 0.4) is 0 Å². The van der Waals surface area contributed by atoms with E-state index in [1.807, 2.05) is 49.4 Å². The van der Waals surface area contributed by atoms with Gasteiger partial charge in [0.1, 0.15) is 11.5 Å². The number of carbonyl (C=O) groups is 2. The van der Waals surface area contributed by atoms with Crippen LogP contribution in [0.5, 0.6) is 11.5 Å². The first-order valence-electron chi connectivity index (χ1n) is 17.0. The van der Waals surface area contributed by atoms with Gasteiger partial charge in [0.05, 0.1) is 25.1 Å². The number of nitrogens with zero attached hydrogens (tertiary/aromatic N) is 3. The summed E-state index contributed by atoms with van der Waals surface area (Å²) in [6.07, 6.45) is 4.36. The van der Waals surface area contributed by atoms with Crippen LogP contribution in [0.25, 0.3) is 11.1 Å². The van der Waals surface area contributed by atoms with Crippen molar-refractivity contribution in [2.24, 2.45) is 0 Å². The van der Waals surface area contributed by atoms with Gasteiger partial charge in [-0.1, -0.05) is 72.5 Å². The maximum Gasteiger partial charge on any atom is 0.258 e. The molecule has 2 amide bonds. The topological polar surface area (TPSA) is 74.3 Å². The highest BCUT2D eigenvalue weighted by Crippen LogP contribution is 2.34. The molecule has 5 rings (SSSR count). The summed E-state index contributed by atoms with van der Waals surface area (Å²) < 4.78 is 11.8. The third-order valence-electron chi connectivity index (χ3n) is 9.04. The molecule has 4 aromatic rings. The minimum absolute atomic E-state index is 0.253. The highest BCUT2D eigenvalue weighted by atomic mass is 35.5. The number of piperazine rings is 1. The molecule has 1 aliphatic heterocycles. The summed E-state index contributed by atoms with van der Waals surface area (Å²) in [5.74, 6) is 0.408. The lowest BCUT2D eigenvalue weighted by molar-refractivity contribution is 0.0990. The van der Waals surface area contributed by atoms with E-state index in [-0.39, 0.29) is 11.8 Å². The normalized spacial score (nSPS) is 13.6. The maximum atomic E-state index is 13.7. The van der Waals surface area contributed by atoms with Gasteiger partial charge >= 0.3 is 0 Å². The van der Waals surface area contributed by atoms with Gasteiger partial charge in [-0.15, -0.1) is 0 Å². The monoisotopic (exact) mass is 682 g/mol. The van der Waals surface area contributed by atoms with E-state index in [1.54, 1.807) is 54.4 Å². The number of ether oxygens (including phenoxy) is 2. The number of hydrogen-bond acceptors (Lipinski definition) is 6. The van der Waals surface area contributed by atoms with Crippen LogP contribution in [0.15, 0.2) is 84.9 Å². The van der Waals surface area contributed by atoms with Crippen molar-refractivity contribution in [2.75, 3.05) is 70.8 Å². The highest BCUT2D eigenvalue weighted by Gasteiger charge is 2.21. The molecule has 258 valence electrons. The number of hydrogen-bond donors (Lipinski definition) is 1. The average Bonchev–Trinajstić information content (AvgIpc) is 3.12. The molecule has 0 unspecified atom stereocenters. The van der Waals surface area contributed by atoms with Gasteiger partial charge in [-0.05, 0) is 80.9 Å². The van der Waals surface area contributed by atoms with Crippen LogP contribution >= 0.6 is 11.6 Å². The van der Waals surface area contributed by atoms with Gasteiger partial charge in [0.2, 0.25) is 0 Å². The van der Waals surface area contributed by atoms with Crippen molar-refractivity contribution >= 4 is 34.8 Å². The smallest absolute Gasteiger partial charge is 0.258 e. The Kier molecular flexibility index (Phi) is 12.7. The van der Waals surface area contributed by atoms with Crippen molar-refractivity contribution in [2.45, 2.75) is 32.6 Å². The van der Waals surface area contributed by atoms with Gasteiger partial charge in [0.15, 0.2) is 0 Å². The van der Waals surface area contributed by atoms with Gasteiger partial charge in [-0.25, -0.2) is 0 Å². The predicted octanol–water partition coefficient (Wildman–Crippen LogP) is 8.04. The van der Waals surface area contributed by atoms with Crippen molar-refractivity contribution in [3.05, 3.63) is 107 Å². The Hall–Kier alpha value is -4.37. The van der Waals surface area contributed by atoms with E-state index in [9.17, 15) is 9.59 Å².